The molecular formula is C21H20FN5O2S. The first-order valence-corrected chi connectivity index (χ1v) is 10.4. The third-order valence-corrected chi connectivity index (χ3v) is 6.61. The van der Waals surface area contributed by atoms with E-state index in [1.54, 1.807) is 13.2 Å². The van der Waals surface area contributed by atoms with Crippen LogP contribution in [-0.2, 0) is 10.3 Å². The number of pyridine rings is 1. The number of ether oxygens (including phenoxy) is 1. The van der Waals surface area contributed by atoms with Crippen molar-refractivity contribution in [1.82, 2.24) is 4.98 Å². The van der Waals surface area contributed by atoms with Gasteiger partial charge in [0.15, 0.2) is 5.17 Å². The second-order valence-electron chi connectivity index (χ2n) is 7.37. The maximum absolute atomic E-state index is 15.0. The Hall–Kier alpha value is -2.96. The van der Waals surface area contributed by atoms with E-state index >= 15 is 0 Å². The number of amidine groups is 1. The molecule has 0 spiro atoms. The van der Waals surface area contributed by atoms with Crippen molar-refractivity contribution in [3.05, 3.63) is 59.2 Å². The molecule has 3 atom stereocenters. The molecule has 1 aliphatic carbocycles. The minimum atomic E-state index is -0.812. The number of methoxy groups -OCH3 is 1. The quantitative estimate of drug-likeness (QED) is 0.778. The first-order chi connectivity index (χ1) is 14.4. The Bertz CT molecular complexity index is 1050. The van der Waals surface area contributed by atoms with Gasteiger partial charge in [0, 0.05) is 42.6 Å². The van der Waals surface area contributed by atoms with E-state index in [0.717, 1.165) is 12.2 Å². The van der Waals surface area contributed by atoms with E-state index in [-0.39, 0.29) is 17.7 Å². The van der Waals surface area contributed by atoms with Crippen LogP contribution in [-0.4, -0.2) is 35.0 Å². The standard InChI is InChI=1S/C21H20FN5O2S/c1-29-15-6-13-11-30-20(24)27-21(13,8-15)16-7-14(3-4-17(16)22)26-19(28)18-5-2-12(9-23)10-25-18/h2-5,7,10,13,15H,6,8,11H2,1H3,(H2,24,27)(H,26,28)/t13-,15?,21?/m0/s1. The number of aliphatic imine (C=N–C) groups is 1. The third-order valence-electron chi connectivity index (χ3n) is 5.65. The molecular weight excluding hydrogens is 405 g/mol. The summed E-state index contributed by atoms with van der Waals surface area (Å²) in [6.45, 7) is 0. The summed E-state index contributed by atoms with van der Waals surface area (Å²) in [7, 11) is 1.65. The Labute approximate surface area is 177 Å². The topological polar surface area (TPSA) is 113 Å². The van der Waals surface area contributed by atoms with Gasteiger partial charge in [-0.05, 0) is 36.8 Å². The molecule has 0 saturated heterocycles. The molecule has 1 amide bonds. The molecule has 30 heavy (non-hydrogen) atoms. The Morgan fingerprint density at radius 1 is 1.43 bits per heavy atom. The number of thioether (sulfide) groups is 1. The van der Waals surface area contributed by atoms with Crippen molar-refractivity contribution in [3.63, 3.8) is 0 Å². The zero-order valence-corrected chi connectivity index (χ0v) is 17.1. The molecule has 2 heterocycles. The largest absolute Gasteiger partial charge is 0.381 e. The van der Waals surface area contributed by atoms with Crippen LogP contribution in [0.15, 0.2) is 41.5 Å². The van der Waals surface area contributed by atoms with Gasteiger partial charge in [0.2, 0.25) is 0 Å². The van der Waals surface area contributed by atoms with Crippen LogP contribution in [0.4, 0.5) is 10.1 Å². The maximum Gasteiger partial charge on any atom is 0.274 e. The number of halogens is 1. The average molecular weight is 425 g/mol. The van der Waals surface area contributed by atoms with E-state index in [1.165, 1.54) is 42.2 Å². The van der Waals surface area contributed by atoms with Gasteiger partial charge in [-0.15, -0.1) is 0 Å². The highest BCUT2D eigenvalue weighted by Gasteiger charge is 2.52. The lowest BCUT2D eigenvalue weighted by atomic mass is 9.81. The zero-order chi connectivity index (χ0) is 21.3. The normalized spacial score (nSPS) is 25.2. The van der Waals surface area contributed by atoms with Crippen LogP contribution >= 0.6 is 11.8 Å². The molecule has 3 N–H and O–H groups in total. The summed E-state index contributed by atoms with van der Waals surface area (Å²) in [5.41, 5.74) is 6.56. The van der Waals surface area contributed by atoms with E-state index in [0.29, 0.717) is 28.4 Å². The molecule has 1 aliphatic heterocycles. The molecule has 154 valence electrons. The van der Waals surface area contributed by atoms with Gasteiger partial charge < -0.3 is 15.8 Å². The predicted octanol–water partition coefficient (Wildman–Crippen LogP) is 3.03. The second kappa shape index (κ2) is 8.05. The first kappa shape index (κ1) is 20.3. The molecule has 1 aromatic heterocycles. The van der Waals surface area contributed by atoms with Gasteiger partial charge in [0.25, 0.3) is 5.91 Å². The number of nitriles is 1. The highest BCUT2D eigenvalue weighted by Crippen LogP contribution is 2.52. The number of benzene rings is 1. The number of rotatable bonds is 4. The van der Waals surface area contributed by atoms with Gasteiger partial charge in [0.05, 0.1) is 17.2 Å². The average Bonchev–Trinajstić information content (AvgIpc) is 3.14. The van der Waals surface area contributed by atoms with Gasteiger partial charge in [0.1, 0.15) is 17.6 Å². The van der Waals surface area contributed by atoms with Crippen molar-refractivity contribution in [3.8, 4) is 6.07 Å². The molecule has 0 radical (unpaired) electrons. The number of fused-ring (bicyclic) bond motifs is 1. The Balaban J connectivity index is 1.67. The van der Waals surface area contributed by atoms with Gasteiger partial charge in [-0.3, -0.25) is 9.79 Å². The maximum atomic E-state index is 15.0. The van der Waals surface area contributed by atoms with Crippen LogP contribution in [0, 0.1) is 23.1 Å². The van der Waals surface area contributed by atoms with Crippen LogP contribution in [0.25, 0.3) is 0 Å². The monoisotopic (exact) mass is 425 g/mol. The van der Waals surface area contributed by atoms with Crippen molar-refractivity contribution in [2.24, 2.45) is 16.6 Å². The molecule has 9 heteroatoms. The lowest BCUT2D eigenvalue weighted by molar-refractivity contribution is 0.101. The van der Waals surface area contributed by atoms with E-state index in [9.17, 15) is 9.18 Å². The minimum absolute atomic E-state index is 0.0363. The zero-order valence-electron chi connectivity index (χ0n) is 16.3. The highest BCUT2D eigenvalue weighted by atomic mass is 32.2. The molecule has 1 aromatic carbocycles. The summed E-state index contributed by atoms with van der Waals surface area (Å²) >= 11 is 1.47. The fraction of sp³-hybridized carbons (Fsp3) is 0.333. The Kier molecular flexibility index (Phi) is 5.45. The van der Waals surface area contributed by atoms with E-state index in [1.807, 2.05) is 6.07 Å². The van der Waals surface area contributed by atoms with E-state index in [2.05, 4.69) is 15.3 Å². The van der Waals surface area contributed by atoms with Crippen molar-refractivity contribution >= 4 is 28.5 Å². The van der Waals surface area contributed by atoms with Crippen molar-refractivity contribution in [2.75, 3.05) is 18.2 Å². The van der Waals surface area contributed by atoms with E-state index in [4.69, 9.17) is 15.7 Å². The fourth-order valence-electron chi connectivity index (χ4n) is 4.16. The summed E-state index contributed by atoms with van der Waals surface area (Å²) < 4.78 is 20.5. The van der Waals surface area contributed by atoms with Crippen LogP contribution in [0.1, 0.15) is 34.5 Å². The smallest absolute Gasteiger partial charge is 0.274 e. The molecule has 2 aromatic rings. The molecule has 2 aliphatic rings. The lowest BCUT2D eigenvalue weighted by Crippen LogP contribution is -2.37. The summed E-state index contributed by atoms with van der Waals surface area (Å²) in [5, 5.41) is 12.0. The SMILES string of the molecule is COC1C[C@H]2CSC(N)=NC2(c2cc(NC(=O)c3ccc(C#N)cn3)ccc2F)C1. The van der Waals surface area contributed by atoms with Gasteiger partial charge in [-0.1, -0.05) is 11.8 Å². The van der Waals surface area contributed by atoms with Crippen LogP contribution in [0.3, 0.4) is 0 Å². The summed E-state index contributed by atoms with van der Waals surface area (Å²) in [5.74, 6) is -0.0231. The number of amides is 1. The van der Waals surface area contributed by atoms with Crippen LogP contribution in [0.2, 0.25) is 0 Å². The summed E-state index contributed by atoms with van der Waals surface area (Å²) in [6, 6.07) is 9.39. The highest BCUT2D eigenvalue weighted by molar-refractivity contribution is 8.13. The van der Waals surface area contributed by atoms with Crippen molar-refractivity contribution in [1.29, 1.82) is 5.26 Å². The number of aromatic nitrogens is 1. The van der Waals surface area contributed by atoms with Crippen molar-refractivity contribution < 1.29 is 13.9 Å². The van der Waals surface area contributed by atoms with Gasteiger partial charge in [-0.2, -0.15) is 5.26 Å². The molecule has 1 fully saturated rings. The number of nitrogens with zero attached hydrogens (tertiary/aromatic N) is 3. The number of carbonyl (C=O) groups is 1. The number of carbonyl (C=O) groups excluding carboxylic acids is 1. The molecule has 1 saturated carbocycles. The number of nitrogens with two attached hydrogens (primary N) is 1. The van der Waals surface area contributed by atoms with E-state index < -0.39 is 17.3 Å². The lowest BCUT2D eigenvalue weighted by Gasteiger charge is -2.36. The van der Waals surface area contributed by atoms with Gasteiger partial charge >= 0.3 is 0 Å². The van der Waals surface area contributed by atoms with Crippen LogP contribution < -0.4 is 11.1 Å². The number of hydrogen-bond acceptors (Lipinski definition) is 7. The Morgan fingerprint density at radius 2 is 2.27 bits per heavy atom. The molecule has 0 bridgehead atoms. The van der Waals surface area contributed by atoms with Crippen molar-refractivity contribution in [2.45, 2.75) is 24.5 Å². The van der Waals surface area contributed by atoms with Crippen LogP contribution in [0.5, 0.6) is 0 Å². The molecule has 2 unspecified atom stereocenters. The predicted molar refractivity (Wildman–Crippen MR) is 113 cm³/mol. The fourth-order valence-corrected chi connectivity index (χ4v) is 5.17. The summed E-state index contributed by atoms with van der Waals surface area (Å²) in [4.78, 5) is 21.2. The minimum Gasteiger partial charge on any atom is -0.381 e. The number of hydrogen-bond donors (Lipinski definition) is 2. The molecule has 4 rings (SSSR count). The summed E-state index contributed by atoms with van der Waals surface area (Å²) in [6.07, 6.45) is 2.59. The molecule has 7 nitrogen and oxygen atoms in total. The second-order valence-corrected chi connectivity index (χ2v) is 8.41. The first-order valence-electron chi connectivity index (χ1n) is 9.43. The Morgan fingerprint density at radius 3 is 2.97 bits per heavy atom. The van der Waals surface area contributed by atoms with Gasteiger partial charge in [-0.25, -0.2) is 9.37 Å². The third kappa shape index (κ3) is 3.64. The number of anilines is 1. The number of nitrogens with one attached hydrogen (secondary N) is 1.